The average molecular weight is 261 g/mol. The molecule has 19 heavy (non-hydrogen) atoms. The standard InChI is InChI=1S/C14H19N3O2/c1-2-3-9-19-10-8-15-14-16-12-7-5-4-6-11(12)13(18)17-14/h4-7H,2-3,8-10H2,1H3,(H2,15,16,17,18). The SMILES string of the molecule is CCCCOCCNc1nc2ccccc2c(=O)[nH]1. The number of unbranched alkanes of at least 4 members (excludes halogenated alkanes) is 1. The zero-order chi connectivity index (χ0) is 13.5. The Morgan fingerprint density at radius 1 is 1.32 bits per heavy atom. The molecule has 0 unspecified atom stereocenters. The third-order valence-corrected chi connectivity index (χ3v) is 2.79. The molecule has 0 radical (unpaired) electrons. The van der Waals surface area contributed by atoms with Gasteiger partial charge in [0, 0.05) is 13.2 Å². The van der Waals surface area contributed by atoms with Gasteiger partial charge in [-0.2, -0.15) is 0 Å². The predicted molar refractivity (Wildman–Crippen MR) is 76.6 cm³/mol. The van der Waals surface area contributed by atoms with E-state index < -0.39 is 0 Å². The maximum absolute atomic E-state index is 11.8. The lowest BCUT2D eigenvalue weighted by Gasteiger charge is -2.07. The Labute approximate surface area is 112 Å². The maximum Gasteiger partial charge on any atom is 0.260 e. The van der Waals surface area contributed by atoms with Gasteiger partial charge < -0.3 is 10.1 Å². The minimum atomic E-state index is -0.125. The van der Waals surface area contributed by atoms with Crippen LogP contribution in [0.2, 0.25) is 0 Å². The lowest BCUT2D eigenvalue weighted by molar-refractivity contribution is 0.141. The first-order valence-corrected chi connectivity index (χ1v) is 6.62. The second kappa shape index (κ2) is 6.89. The number of benzene rings is 1. The van der Waals surface area contributed by atoms with Crippen LogP contribution in [0.4, 0.5) is 5.95 Å². The number of hydrogen-bond donors (Lipinski definition) is 2. The van der Waals surface area contributed by atoms with Gasteiger partial charge in [0.1, 0.15) is 0 Å². The molecule has 0 spiro atoms. The number of aromatic nitrogens is 2. The summed E-state index contributed by atoms with van der Waals surface area (Å²) in [6, 6.07) is 7.28. The number of para-hydroxylation sites is 1. The molecular formula is C14H19N3O2. The van der Waals surface area contributed by atoms with Crippen LogP contribution in [0.25, 0.3) is 10.9 Å². The number of nitrogens with one attached hydrogen (secondary N) is 2. The lowest BCUT2D eigenvalue weighted by Crippen LogP contribution is -2.16. The van der Waals surface area contributed by atoms with Gasteiger partial charge in [-0.3, -0.25) is 9.78 Å². The normalized spacial score (nSPS) is 10.8. The van der Waals surface area contributed by atoms with Crippen molar-refractivity contribution >= 4 is 16.9 Å². The summed E-state index contributed by atoms with van der Waals surface area (Å²) in [5.74, 6) is 0.489. The Balaban J connectivity index is 1.92. The summed E-state index contributed by atoms with van der Waals surface area (Å²) < 4.78 is 5.43. The van der Waals surface area contributed by atoms with Gasteiger partial charge >= 0.3 is 0 Å². The first kappa shape index (κ1) is 13.5. The molecule has 0 aliphatic carbocycles. The summed E-state index contributed by atoms with van der Waals surface area (Å²) >= 11 is 0. The van der Waals surface area contributed by atoms with Crippen LogP contribution in [0, 0.1) is 0 Å². The molecule has 0 saturated heterocycles. The van der Waals surface area contributed by atoms with Gasteiger partial charge in [0.25, 0.3) is 5.56 Å². The van der Waals surface area contributed by atoms with Gasteiger partial charge in [0.15, 0.2) is 0 Å². The Morgan fingerprint density at radius 3 is 3.00 bits per heavy atom. The Bertz CT molecular complexity index is 580. The topological polar surface area (TPSA) is 67.0 Å². The summed E-state index contributed by atoms with van der Waals surface area (Å²) in [6.45, 7) is 4.15. The van der Waals surface area contributed by atoms with Crippen molar-refractivity contribution in [2.45, 2.75) is 19.8 Å². The molecule has 1 aromatic carbocycles. The van der Waals surface area contributed by atoms with Crippen molar-refractivity contribution in [2.24, 2.45) is 0 Å². The van der Waals surface area contributed by atoms with Crippen LogP contribution in [-0.2, 0) is 4.74 Å². The number of rotatable bonds is 7. The zero-order valence-corrected chi connectivity index (χ0v) is 11.1. The van der Waals surface area contributed by atoms with Crippen molar-refractivity contribution in [3.63, 3.8) is 0 Å². The number of H-pyrrole nitrogens is 1. The van der Waals surface area contributed by atoms with Gasteiger partial charge in [-0.05, 0) is 18.6 Å². The largest absolute Gasteiger partial charge is 0.380 e. The number of aromatic amines is 1. The lowest BCUT2D eigenvalue weighted by atomic mass is 10.2. The van der Waals surface area contributed by atoms with E-state index in [4.69, 9.17) is 4.74 Å². The van der Waals surface area contributed by atoms with Crippen molar-refractivity contribution in [2.75, 3.05) is 25.1 Å². The second-order valence-electron chi connectivity index (χ2n) is 4.32. The molecule has 2 aromatic rings. The number of ether oxygens (including phenoxy) is 1. The number of anilines is 1. The fourth-order valence-corrected chi connectivity index (χ4v) is 1.76. The van der Waals surface area contributed by atoms with Gasteiger partial charge in [-0.1, -0.05) is 25.5 Å². The quantitative estimate of drug-likeness (QED) is 0.749. The number of hydrogen-bond acceptors (Lipinski definition) is 4. The number of fused-ring (bicyclic) bond motifs is 1. The molecule has 0 fully saturated rings. The first-order valence-electron chi connectivity index (χ1n) is 6.62. The van der Waals surface area contributed by atoms with Crippen LogP contribution in [0.1, 0.15) is 19.8 Å². The van der Waals surface area contributed by atoms with Crippen LogP contribution in [0.15, 0.2) is 29.1 Å². The monoisotopic (exact) mass is 261 g/mol. The van der Waals surface area contributed by atoms with E-state index in [1.54, 1.807) is 6.07 Å². The minimum absolute atomic E-state index is 0.125. The molecule has 0 aliphatic heterocycles. The molecule has 0 amide bonds. The fourth-order valence-electron chi connectivity index (χ4n) is 1.76. The van der Waals surface area contributed by atoms with Gasteiger partial charge in [0.2, 0.25) is 5.95 Å². The Morgan fingerprint density at radius 2 is 2.16 bits per heavy atom. The van der Waals surface area contributed by atoms with E-state index in [-0.39, 0.29) is 5.56 Å². The van der Waals surface area contributed by atoms with Crippen LogP contribution in [0.5, 0.6) is 0 Å². The Kier molecular flexibility index (Phi) is 4.92. The van der Waals surface area contributed by atoms with E-state index in [1.165, 1.54) is 0 Å². The Hall–Kier alpha value is -1.88. The van der Waals surface area contributed by atoms with Crippen LogP contribution >= 0.6 is 0 Å². The molecule has 0 bridgehead atoms. The third-order valence-electron chi connectivity index (χ3n) is 2.79. The average Bonchev–Trinajstić information content (AvgIpc) is 2.43. The summed E-state index contributed by atoms with van der Waals surface area (Å²) in [5, 5.41) is 3.67. The molecular weight excluding hydrogens is 242 g/mol. The molecule has 5 heteroatoms. The first-order chi connectivity index (χ1) is 9.31. The van der Waals surface area contributed by atoms with Gasteiger partial charge in [-0.25, -0.2) is 4.98 Å². The van der Waals surface area contributed by atoms with E-state index in [0.29, 0.717) is 30.0 Å². The van der Waals surface area contributed by atoms with Gasteiger partial charge in [0.05, 0.1) is 17.5 Å². The predicted octanol–water partition coefficient (Wildman–Crippen LogP) is 2.15. The van der Waals surface area contributed by atoms with E-state index >= 15 is 0 Å². The highest BCUT2D eigenvalue weighted by Gasteiger charge is 2.01. The molecule has 102 valence electrons. The fraction of sp³-hybridized carbons (Fsp3) is 0.429. The summed E-state index contributed by atoms with van der Waals surface area (Å²) in [7, 11) is 0. The molecule has 5 nitrogen and oxygen atoms in total. The second-order valence-corrected chi connectivity index (χ2v) is 4.32. The van der Waals surface area contributed by atoms with Crippen molar-refractivity contribution in [3.05, 3.63) is 34.6 Å². The molecule has 2 N–H and O–H groups in total. The van der Waals surface area contributed by atoms with E-state index in [9.17, 15) is 4.79 Å². The van der Waals surface area contributed by atoms with E-state index in [1.807, 2.05) is 18.2 Å². The molecule has 0 saturated carbocycles. The zero-order valence-electron chi connectivity index (χ0n) is 11.1. The third kappa shape index (κ3) is 3.79. The molecule has 1 aromatic heterocycles. The summed E-state index contributed by atoms with van der Waals surface area (Å²) in [5.41, 5.74) is 0.570. The molecule has 0 aliphatic rings. The highest BCUT2D eigenvalue weighted by Crippen LogP contribution is 2.07. The van der Waals surface area contributed by atoms with Crippen LogP contribution < -0.4 is 10.9 Å². The van der Waals surface area contributed by atoms with Crippen molar-refractivity contribution in [1.82, 2.24) is 9.97 Å². The highest BCUT2D eigenvalue weighted by molar-refractivity contribution is 5.78. The van der Waals surface area contributed by atoms with Crippen LogP contribution in [-0.4, -0.2) is 29.7 Å². The summed E-state index contributed by atoms with van der Waals surface area (Å²) in [6.07, 6.45) is 2.21. The smallest absolute Gasteiger partial charge is 0.260 e. The highest BCUT2D eigenvalue weighted by atomic mass is 16.5. The number of nitrogens with zero attached hydrogens (tertiary/aromatic N) is 1. The summed E-state index contributed by atoms with van der Waals surface area (Å²) in [4.78, 5) is 18.9. The minimum Gasteiger partial charge on any atom is -0.380 e. The van der Waals surface area contributed by atoms with E-state index in [2.05, 4.69) is 22.2 Å². The maximum atomic E-state index is 11.8. The van der Waals surface area contributed by atoms with Crippen molar-refractivity contribution < 1.29 is 4.74 Å². The molecule has 2 rings (SSSR count). The molecule has 0 atom stereocenters. The van der Waals surface area contributed by atoms with Crippen molar-refractivity contribution in [3.8, 4) is 0 Å². The van der Waals surface area contributed by atoms with Crippen LogP contribution in [0.3, 0.4) is 0 Å². The van der Waals surface area contributed by atoms with Gasteiger partial charge in [-0.15, -0.1) is 0 Å². The van der Waals surface area contributed by atoms with Crippen molar-refractivity contribution in [1.29, 1.82) is 0 Å². The molecule has 1 heterocycles. The van der Waals surface area contributed by atoms with E-state index in [0.717, 1.165) is 19.4 Å².